The summed E-state index contributed by atoms with van der Waals surface area (Å²) in [5.74, 6) is -2.47. The van der Waals surface area contributed by atoms with Crippen LogP contribution in [0, 0.1) is 0 Å². The molecule has 0 bridgehead atoms. The molecule has 3 atom stereocenters. The summed E-state index contributed by atoms with van der Waals surface area (Å²) in [7, 11) is -4.73. The van der Waals surface area contributed by atoms with E-state index in [1.165, 1.54) is 116 Å². The maximum atomic E-state index is 12.6. The van der Waals surface area contributed by atoms with Crippen LogP contribution >= 0.6 is 7.82 Å². The number of rotatable bonds is 41. The predicted molar refractivity (Wildman–Crippen MR) is 226 cm³/mol. The number of phosphoric ester groups is 1. The van der Waals surface area contributed by atoms with Crippen molar-refractivity contribution in [3.63, 3.8) is 0 Å². The Morgan fingerprint density at radius 2 is 0.982 bits per heavy atom. The maximum absolute atomic E-state index is 12.6. The van der Waals surface area contributed by atoms with Crippen molar-refractivity contribution in [2.24, 2.45) is 5.73 Å². The van der Waals surface area contributed by atoms with Gasteiger partial charge in [-0.05, 0) is 57.8 Å². The topological polar surface area (TPSA) is 172 Å². The van der Waals surface area contributed by atoms with E-state index in [9.17, 15) is 23.8 Å². The molecule has 0 aromatic rings. The van der Waals surface area contributed by atoms with Crippen LogP contribution in [0.3, 0.4) is 0 Å². The van der Waals surface area contributed by atoms with Gasteiger partial charge in [0.1, 0.15) is 12.6 Å². The fourth-order valence-electron chi connectivity index (χ4n) is 5.88. The van der Waals surface area contributed by atoms with Crippen LogP contribution < -0.4 is 5.73 Å². The summed E-state index contributed by atoms with van der Waals surface area (Å²) in [5.41, 5.74) is 5.32. The summed E-state index contributed by atoms with van der Waals surface area (Å²) in [6, 6.07) is -1.53. The van der Waals surface area contributed by atoms with E-state index in [0.717, 1.165) is 38.5 Å². The lowest BCUT2D eigenvalue weighted by Gasteiger charge is -2.20. The van der Waals surface area contributed by atoms with Crippen molar-refractivity contribution in [3.8, 4) is 0 Å². The Morgan fingerprint density at radius 3 is 1.48 bits per heavy atom. The van der Waals surface area contributed by atoms with Gasteiger partial charge in [0.15, 0.2) is 6.10 Å². The van der Waals surface area contributed by atoms with E-state index in [0.29, 0.717) is 12.8 Å². The Kier molecular flexibility index (Phi) is 37.9. The molecular weight excluding hydrogens is 733 g/mol. The second kappa shape index (κ2) is 39.5. The average Bonchev–Trinajstić information content (AvgIpc) is 3.17. The number of carbonyl (C=O) groups excluding carboxylic acids is 2. The molecule has 4 N–H and O–H groups in total. The molecular formula is C44H80NO10P. The maximum Gasteiger partial charge on any atom is 0.472 e. The van der Waals surface area contributed by atoms with Crippen LogP contribution in [0.4, 0.5) is 0 Å². The Morgan fingerprint density at radius 1 is 0.554 bits per heavy atom. The van der Waals surface area contributed by atoms with E-state index in [2.05, 4.69) is 42.7 Å². The number of unbranched alkanes of at least 4 members (excludes halogenated alkanes) is 21. The SMILES string of the molecule is CCCCCCCC/C=C/C/C=C/CCC(=O)OC(COC(=O)CCCCCCCCC/C=C/CCCCCCCCCC)COP(=O)(O)OC[C@@H](N)C(=O)O. The molecule has 12 heteroatoms. The molecule has 2 unspecified atom stereocenters. The second-order valence-electron chi connectivity index (χ2n) is 14.8. The number of carboxylic acids is 1. The molecule has 0 aliphatic heterocycles. The standard InChI is InChI=1S/C44H80NO10P/c1-3-5-7-9-11-13-15-17-18-19-20-21-22-24-25-27-29-31-33-35-42(46)52-37-40(38-53-56(50,51)54-39-41(45)44(48)49)55-43(47)36-34-32-30-28-26-23-16-14-12-10-8-6-4-2/h19-20,23,26,30,32,40-41H,3-18,21-22,24-25,27-29,31,33-39,45H2,1-2H3,(H,48,49)(H,50,51)/b20-19+,26-23+,32-30+/t40?,41-/m1/s1. The molecule has 0 radical (unpaired) electrons. The van der Waals surface area contributed by atoms with E-state index in [1.54, 1.807) is 0 Å². The number of carbonyl (C=O) groups is 3. The van der Waals surface area contributed by atoms with Crippen LogP contribution in [0.15, 0.2) is 36.5 Å². The molecule has 0 saturated heterocycles. The first-order valence-electron chi connectivity index (χ1n) is 22.0. The van der Waals surface area contributed by atoms with Gasteiger partial charge in [0.2, 0.25) is 0 Å². The number of allylic oxidation sites excluding steroid dienone is 6. The van der Waals surface area contributed by atoms with Crippen molar-refractivity contribution in [1.82, 2.24) is 0 Å². The molecule has 0 heterocycles. The number of esters is 2. The quantitative estimate of drug-likeness (QED) is 0.0232. The lowest BCUT2D eigenvalue weighted by molar-refractivity contribution is -0.161. The first kappa shape index (κ1) is 53.7. The van der Waals surface area contributed by atoms with Gasteiger partial charge in [-0.3, -0.25) is 23.4 Å². The molecule has 0 saturated carbocycles. The molecule has 0 spiro atoms. The molecule has 11 nitrogen and oxygen atoms in total. The van der Waals surface area contributed by atoms with Gasteiger partial charge in [0.05, 0.1) is 13.2 Å². The molecule has 56 heavy (non-hydrogen) atoms. The smallest absolute Gasteiger partial charge is 0.472 e. The Labute approximate surface area is 340 Å². The first-order valence-corrected chi connectivity index (χ1v) is 23.5. The van der Waals surface area contributed by atoms with Gasteiger partial charge in [0, 0.05) is 12.8 Å². The van der Waals surface area contributed by atoms with E-state index in [4.69, 9.17) is 24.8 Å². The Hall–Kier alpha value is -2.30. The van der Waals surface area contributed by atoms with Gasteiger partial charge in [-0.25, -0.2) is 4.57 Å². The van der Waals surface area contributed by atoms with Crippen molar-refractivity contribution >= 4 is 25.7 Å². The zero-order valence-electron chi connectivity index (χ0n) is 35.2. The van der Waals surface area contributed by atoms with Crippen LogP contribution in [0.1, 0.15) is 194 Å². The highest BCUT2D eigenvalue weighted by molar-refractivity contribution is 7.47. The summed E-state index contributed by atoms with van der Waals surface area (Å²) in [5, 5.41) is 8.88. The van der Waals surface area contributed by atoms with Crippen LogP contribution in [0.2, 0.25) is 0 Å². The third kappa shape index (κ3) is 38.6. The van der Waals surface area contributed by atoms with Crippen molar-refractivity contribution in [2.45, 2.75) is 206 Å². The van der Waals surface area contributed by atoms with E-state index < -0.39 is 51.1 Å². The van der Waals surface area contributed by atoms with Crippen molar-refractivity contribution in [1.29, 1.82) is 0 Å². The normalized spacial score (nSPS) is 14.1. The highest BCUT2D eigenvalue weighted by atomic mass is 31.2. The molecule has 326 valence electrons. The number of aliphatic carboxylic acids is 1. The third-order valence-corrected chi connectivity index (χ3v) is 10.3. The molecule has 0 aromatic carbocycles. The number of carboxylic acid groups (broad SMARTS) is 1. The minimum atomic E-state index is -4.73. The average molecular weight is 814 g/mol. The van der Waals surface area contributed by atoms with Gasteiger partial charge in [-0.15, -0.1) is 0 Å². The lowest BCUT2D eigenvalue weighted by atomic mass is 10.1. The van der Waals surface area contributed by atoms with E-state index in [1.807, 2.05) is 12.2 Å². The minimum Gasteiger partial charge on any atom is -0.480 e. The van der Waals surface area contributed by atoms with Gasteiger partial charge in [-0.2, -0.15) is 0 Å². The molecule has 0 aliphatic rings. The summed E-state index contributed by atoms with van der Waals surface area (Å²) >= 11 is 0. The number of nitrogens with two attached hydrogens (primary N) is 1. The summed E-state index contributed by atoms with van der Waals surface area (Å²) in [6.45, 7) is 2.73. The van der Waals surface area contributed by atoms with Crippen LogP contribution in [-0.4, -0.2) is 59.9 Å². The fraction of sp³-hybridized carbons (Fsp3) is 0.795. The summed E-state index contributed by atoms with van der Waals surface area (Å²) < 4.78 is 32.6. The minimum absolute atomic E-state index is 0.0548. The number of hydrogen-bond donors (Lipinski definition) is 3. The highest BCUT2D eigenvalue weighted by Crippen LogP contribution is 2.43. The molecule has 0 aliphatic carbocycles. The van der Waals surface area contributed by atoms with Gasteiger partial charge in [0.25, 0.3) is 0 Å². The molecule has 0 fully saturated rings. The monoisotopic (exact) mass is 814 g/mol. The molecule has 0 rings (SSSR count). The van der Waals surface area contributed by atoms with Crippen LogP contribution in [0.5, 0.6) is 0 Å². The number of ether oxygens (including phenoxy) is 2. The highest BCUT2D eigenvalue weighted by Gasteiger charge is 2.28. The zero-order chi connectivity index (χ0) is 41.4. The molecule has 0 amide bonds. The summed E-state index contributed by atoms with van der Waals surface area (Å²) in [4.78, 5) is 45.9. The predicted octanol–water partition coefficient (Wildman–Crippen LogP) is 11.6. The van der Waals surface area contributed by atoms with Crippen LogP contribution in [-0.2, 0) is 37.5 Å². The van der Waals surface area contributed by atoms with Crippen molar-refractivity contribution in [2.75, 3.05) is 19.8 Å². The second-order valence-corrected chi connectivity index (χ2v) is 16.3. The summed E-state index contributed by atoms with van der Waals surface area (Å²) in [6.07, 6.45) is 42.3. The number of hydrogen-bond acceptors (Lipinski definition) is 9. The van der Waals surface area contributed by atoms with Gasteiger partial charge >= 0.3 is 25.7 Å². The Balaban J connectivity index is 4.38. The first-order chi connectivity index (χ1) is 27.1. The van der Waals surface area contributed by atoms with Crippen LogP contribution in [0.25, 0.3) is 0 Å². The largest absolute Gasteiger partial charge is 0.480 e. The van der Waals surface area contributed by atoms with Gasteiger partial charge < -0.3 is 25.2 Å². The Bertz CT molecular complexity index is 1100. The van der Waals surface area contributed by atoms with Crippen molar-refractivity contribution in [3.05, 3.63) is 36.5 Å². The van der Waals surface area contributed by atoms with E-state index in [-0.39, 0.29) is 19.4 Å². The lowest BCUT2D eigenvalue weighted by Crippen LogP contribution is -2.34. The van der Waals surface area contributed by atoms with E-state index >= 15 is 0 Å². The zero-order valence-corrected chi connectivity index (χ0v) is 36.1. The molecule has 0 aromatic heterocycles. The fourth-order valence-corrected chi connectivity index (χ4v) is 6.66. The van der Waals surface area contributed by atoms with Gasteiger partial charge in [-0.1, -0.05) is 159 Å². The number of phosphoric acid groups is 1. The van der Waals surface area contributed by atoms with Crippen molar-refractivity contribution < 1.29 is 47.5 Å². The third-order valence-electron chi connectivity index (χ3n) is 9.37.